The predicted octanol–water partition coefficient (Wildman–Crippen LogP) is 6.20. The fourth-order valence-corrected chi connectivity index (χ4v) is 6.25. The van der Waals surface area contributed by atoms with E-state index in [1.165, 1.54) is 4.90 Å². The van der Waals surface area contributed by atoms with Crippen LogP contribution in [-0.4, -0.2) is 68.1 Å². The summed E-state index contributed by atoms with van der Waals surface area (Å²) in [7, 11) is 1.66. The molecule has 4 heterocycles. The number of alkyl halides is 6. The Bertz CT molecular complexity index is 1560. The molecule has 0 radical (unpaired) electrons. The molecule has 3 N–H and O–H groups in total. The number of anilines is 3. The lowest BCUT2D eigenvalue weighted by Gasteiger charge is -2.43. The fourth-order valence-electron chi connectivity index (χ4n) is 6.25. The van der Waals surface area contributed by atoms with Crippen LogP contribution < -0.4 is 20.9 Å². The van der Waals surface area contributed by atoms with Gasteiger partial charge in [-0.2, -0.15) is 26.3 Å². The molecule has 2 aromatic heterocycles. The maximum Gasteiger partial charge on any atom is 0.416 e. The highest BCUT2D eigenvalue weighted by Crippen LogP contribution is 2.44. The summed E-state index contributed by atoms with van der Waals surface area (Å²) in [6, 6.07) is 5.28. The number of carbonyl (C=O) groups is 1. The first-order valence-electron chi connectivity index (χ1n) is 15.3. The van der Waals surface area contributed by atoms with E-state index in [0.717, 1.165) is 12.1 Å². The van der Waals surface area contributed by atoms with Gasteiger partial charge in [0, 0.05) is 26.2 Å². The van der Waals surface area contributed by atoms with Gasteiger partial charge in [-0.3, -0.25) is 9.88 Å². The maximum absolute atomic E-state index is 13.8. The van der Waals surface area contributed by atoms with Crippen molar-refractivity contribution in [3.05, 3.63) is 76.2 Å². The van der Waals surface area contributed by atoms with Crippen molar-refractivity contribution in [2.75, 3.05) is 55.1 Å². The summed E-state index contributed by atoms with van der Waals surface area (Å²) < 4.78 is 93.6. The van der Waals surface area contributed by atoms with Gasteiger partial charge >= 0.3 is 18.4 Å². The van der Waals surface area contributed by atoms with E-state index in [4.69, 9.17) is 25.2 Å². The third-order valence-corrected chi connectivity index (χ3v) is 8.46. The monoisotopic (exact) mass is 666 g/mol. The molecule has 2 aliphatic rings. The predicted molar refractivity (Wildman–Crippen MR) is 164 cm³/mol. The van der Waals surface area contributed by atoms with E-state index < -0.39 is 47.6 Å². The molecule has 0 bridgehead atoms. The number of pyridine rings is 2. The van der Waals surface area contributed by atoms with Gasteiger partial charge in [-0.1, -0.05) is 6.92 Å². The minimum Gasteiger partial charge on any atom is -0.449 e. The van der Waals surface area contributed by atoms with Crippen molar-refractivity contribution in [1.29, 1.82) is 0 Å². The third kappa shape index (κ3) is 7.10. The zero-order chi connectivity index (χ0) is 34.1. The molecule has 1 saturated heterocycles. The number of rotatable bonds is 7. The average Bonchev–Trinajstić information content (AvgIpc) is 3.03. The molecule has 5 rings (SSSR count). The van der Waals surface area contributed by atoms with E-state index in [1.807, 2.05) is 11.8 Å². The van der Waals surface area contributed by atoms with Crippen molar-refractivity contribution in [3.8, 4) is 0 Å². The summed E-state index contributed by atoms with van der Waals surface area (Å²) in [5.74, 6) is -0.325. The van der Waals surface area contributed by atoms with Gasteiger partial charge < -0.3 is 25.4 Å². The highest BCUT2D eigenvalue weighted by atomic mass is 19.4. The molecule has 0 spiro atoms. The van der Waals surface area contributed by atoms with Crippen molar-refractivity contribution >= 4 is 23.3 Å². The number of halogens is 6. The van der Waals surface area contributed by atoms with Gasteiger partial charge in [-0.25, -0.2) is 9.78 Å². The van der Waals surface area contributed by atoms with Crippen molar-refractivity contribution in [3.63, 3.8) is 0 Å². The largest absolute Gasteiger partial charge is 0.449 e. The van der Waals surface area contributed by atoms with E-state index in [1.54, 1.807) is 38.4 Å². The van der Waals surface area contributed by atoms with Gasteiger partial charge in [0.05, 0.1) is 71.9 Å². The Morgan fingerprint density at radius 3 is 2.26 bits per heavy atom. The number of hydrogen-bond acceptors (Lipinski definition) is 8. The summed E-state index contributed by atoms with van der Waals surface area (Å²) in [5.41, 5.74) is 6.06. The molecule has 0 saturated carbocycles. The van der Waals surface area contributed by atoms with Gasteiger partial charge in [-0.05, 0) is 67.3 Å². The number of hydrogen-bond donors (Lipinski definition) is 2. The van der Waals surface area contributed by atoms with Crippen LogP contribution in [0.2, 0.25) is 0 Å². The van der Waals surface area contributed by atoms with Crippen LogP contribution in [0.1, 0.15) is 59.8 Å². The Kier molecular flexibility index (Phi) is 9.87. The number of aromatic nitrogens is 2. The van der Waals surface area contributed by atoms with Gasteiger partial charge in [0.1, 0.15) is 5.82 Å². The minimum absolute atomic E-state index is 0.110. The molecule has 3 atom stereocenters. The Morgan fingerprint density at radius 1 is 1.02 bits per heavy atom. The van der Waals surface area contributed by atoms with Crippen molar-refractivity contribution in [1.82, 2.24) is 9.97 Å². The smallest absolute Gasteiger partial charge is 0.416 e. The molecule has 47 heavy (non-hydrogen) atoms. The van der Waals surface area contributed by atoms with Crippen LogP contribution >= 0.6 is 0 Å². The van der Waals surface area contributed by atoms with Crippen LogP contribution in [0, 0.1) is 0 Å². The number of fused-ring (bicyclic) bond motifs is 1. The van der Waals surface area contributed by atoms with Crippen molar-refractivity contribution in [2.24, 2.45) is 5.73 Å². The lowest BCUT2D eigenvalue weighted by Crippen LogP contribution is -2.57. The van der Waals surface area contributed by atoms with Crippen molar-refractivity contribution in [2.45, 2.75) is 57.0 Å². The van der Waals surface area contributed by atoms with Crippen LogP contribution in [0.25, 0.3) is 0 Å². The second-order valence-corrected chi connectivity index (χ2v) is 11.4. The summed E-state index contributed by atoms with van der Waals surface area (Å²) in [6.07, 6.45) is -8.91. The Balaban J connectivity index is 1.71. The number of ether oxygens (including phenoxy) is 2. The molecular weight excluding hydrogens is 630 g/mol. The number of nitrogens with two attached hydrogens (primary N) is 1. The van der Waals surface area contributed by atoms with E-state index >= 15 is 0 Å². The number of amides is 1. The molecule has 1 amide bonds. The maximum atomic E-state index is 13.8. The molecular formula is C32H36F6N6O3. The standard InChI is InChI=1S/C32H36F6N6O3/c1-4-23-27(39)26(29-24(6-7-25(40-3)42-29)44(23)30(45)47-5-2)28-19(15-22(17-41-28)43-8-10-46-11-9-43)12-18-13-20(31(33,34)35)16-21(14-18)32(36,37)38/h6-7,13-17,23,26-27H,4-5,8-12,39H2,1-3H3,(H,40,42). The average molecular weight is 667 g/mol. The number of carbonyl (C=O) groups excluding carboxylic acids is 1. The number of nitrogens with zero attached hydrogens (tertiary/aromatic N) is 4. The van der Waals surface area contributed by atoms with Crippen LogP contribution in [0.5, 0.6) is 0 Å². The van der Waals surface area contributed by atoms with Crippen LogP contribution in [0.3, 0.4) is 0 Å². The second kappa shape index (κ2) is 13.6. The van der Waals surface area contributed by atoms with E-state index in [2.05, 4.69) is 5.32 Å². The van der Waals surface area contributed by atoms with Crippen LogP contribution in [-0.2, 0) is 28.2 Å². The molecule has 1 fully saturated rings. The zero-order valence-corrected chi connectivity index (χ0v) is 26.1. The number of nitrogens with one attached hydrogen (secondary N) is 1. The Hall–Kier alpha value is -4.11. The normalized spacial score (nSPS) is 20.2. The summed E-state index contributed by atoms with van der Waals surface area (Å²) in [4.78, 5) is 26.2. The number of benzene rings is 1. The molecule has 2 aliphatic heterocycles. The molecule has 3 unspecified atom stereocenters. The topological polar surface area (TPSA) is 106 Å². The molecule has 0 aliphatic carbocycles. The molecule has 9 nitrogen and oxygen atoms in total. The lowest BCUT2D eigenvalue weighted by molar-refractivity contribution is -0.143. The first kappa shape index (κ1) is 34.2. The third-order valence-electron chi connectivity index (χ3n) is 8.46. The highest BCUT2D eigenvalue weighted by molar-refractivity contribution is 5.90. The number of morpholine rings is 1. The van der Waals surface area contributed by atoms with Gasteiger partial charge in [0.25, 0.3) is 0 Å². The molecule has 3 aromatic rings. The first-order chi connectivity index (χ1) is 22.3. The summed E-state index contributed by atoms with van der Waals surface area (Å²) in [6.45, 7) is 5.58. The fraction of sp³-hybridized carbons (Fsp3) is 0.469. The van der Waals surface area contributed by atoms with Crippen molar-refractivity contribution < 1.29 is 40.6 Å². The molecule has 15 heteroatoms. The van der Waals surface area contributed by atoms with Crippen LogP contribution in [0.15, 0.2) is 42.6 Å². The Labute approximate surface area is 268 Å². The summed E-state index contributed by atoms with van der Waals surface area (Å²) >= 11 is 0. The van der Waals surface area contributed by atoms with E-state index in [0.29, 0.717) is 66.9 Å². The van der Waals surface area contributed by atoms with Gasteiger partial charge in [0.2, 0.25) is 0 Å². The quantitative estimate of drug-likeness (QED) is 0.288. The molecule has 1 aromatic carbocycles. The molecule has 254 valence electrons. The minimum atomic E-state index is -5.00. The van der Waals surface area contributed by atoms with Crippen LogP contribution in [0.4, 0.5) is 48.3 Å². The van der Waals surface area contributed by atoms with Gasteiger partial charge in [0.15, 0.2) is 0 Å². The first-order valence-corrected chi connectivity index (χ1v) is 15.3. The zero-order valence-electron chi connectivity index (χ0n) is 26.1. The van der Waals surface area contributed by atoms with Gasteiger partial charge in [-0.15, -0.1) is 0 Å². The van der Waals surface area contributed by atoms with E-state index in [9.17, 15) is 31.1 Å². The Morgan fingerprint density at radius 2 is 1.68 bits per heavy atom. The lowest BCUT2D eigenvalue weighted by atomic mass is 9.79. The highest BCUT2D eigenvalue weighted by Gasteiger charge is 2.45. The van der Waals surface area contributed by atoms with E-state index in [-0.39, 0.29) is 24.7 Å². The second-order valence-electron chi connectivity index (χ2n) is 11.4. The SMILES string of the molecule is CCOC(=O)N1c2ccc(NC)nc2C(c2ncc(N3CCOCC3)cc2Cc2cc(C(F)(F)F)cc(C(F)(F)F)c2)C(N)C1CC. The summed E-state index contributed by atoms with van der Waals surface area (Å²) in [5, 5.41) is 2.97.